The summed E-state index contributed by atoms with van der Waals surface area (Å²) in [5.41, 5.74) is 1.88. The second kappa shape index (κ2) is 9.30. The lowest BCUT2D eigenvalue weighted by molar-refractivity contribution is 0.0611. The fraction of sp³-hybridized carbons (Fsp3) is 0.318. The summed E-state index contributed by atoms with van der Waals surface area (Å²) >= 11 is 0. The molecule has 1 amide bonds. The van der Waals surface area contributed by atoms with Crippen molar-refractivity contribution in [3.05, 3.63) is 76.5 Å². The summed E-state index contributed by atoms with van der Waals surface area (Å²) in [4.78, 5) is 33.6. The highest BCUT2D eigenvalue weighted by atomic mass is 16.2. The van der Waals surface area contributed by atoms with E-state index in [9.17, 15) is 9.59 Å². The van der Waals surface area contributed by atoms with Crippen LogP contribution in [0.15, 0.2) is 59.7 Å². The van der Waals surface area contributed by atoms with Gasteiger partial charge in [-0.25, -0.2) is 0 Å². The predicted octanol–water partition coefficient (Wildman–Crippen LogP) is 3.28. The number of nitrogens with one attached hydrogen (secondary N) is 2. The van der Waals surface area contributed by atoms with Gasteiger partial charge >= 0.3 is 0 Å². The molecule has 4 rings (SSSR count). The third-order valence-corrected chi connectivity index (χ3v) is 5.30. The van der Waals surface area contributed by atoms with Gasteiger partial charge in [0.1, 0.15) is 6.20 Å². The first-order valence-electron chi connectivity index (χ1n) is 10.2. The molecular weight excluding hydrogens is 380 g/mol. The molecule has 1 saturated carbocycles. The minimum atomic E-state index is -0.336. The standard InChI is InChI=1S/C22H24N6O2/c29-20-14-24-27-22(26-20)25-17-11-9-16(10-12-17)21(30)28(19-7-2-1-3-8-19)15-18-6-4-5-13-23-18/h4-6,9-14,19H,1-3,7-8,15H2,(H2,25,26,27,29). The van der Waals surface area contributed by atoms with Crippen LogP contribution in [0.2, 0.25) is 0 Å². The molecule has 0 spiro atoms. The Morgan fingerprint density at radius 3 is 2.60 bits per heavy atom. The first-order chi connectivity index (χ1) is 14.7. The molecule has 1 aliphatic rings. The van der Waals surface area contributed by atoms with Gasteiger partial charge in [0, 0.05) is 23.5 Å². The zero-order chi connectivity index (χ0) is 20.8. The number of aromatic amines is 1. The molecule has 8 nitrogen and oxygen atoms in total. The quantitative estimate of drug-likeness (QED) is 0.653. The number of pyridine rings is 1. The molecule has 0 unspecified atom stereocenters. The van der Waals surface area contributed by atoms with Gasteiger partial charge in [0.25, 0.3) is 11.5 Å². The Kier molecular flexibility index (Phi) is 6.12. The molecule has 2 N–H and O–H groups in total. The number of hydrogen-bond donors (Lipinski definition) is 2. The summed E-state index contributed by atoms with van der Waals surface area (Å²) in [5, 5.41) is 10.4. The van der Waals surface area contributed by atoms with E-state index in [0.29, 0.717) is 17.8 Å². The molecule has 0 aliphatic heterocycles. The van der Waals surface area contributed by atoms with Crippen LogP contribution in [-0.2, 0) is 6.54 Å². The lowest BCUT2D eigenvalue weighted by atomic mass is 9.93. The van der Waals surface area contributed by atoms with Gasteiger partial charge in [0.15, 0.2) is 0 Å². The second-order valence-corrected chi connectivity index (χ2v) is 7.43. The third-order valence-electron chi connectivity index (χ3n) is 5.30. The summed E-state index contributed by atoms with van der Waals surface area (Å²) in [5.74, 6) is 0.257. The minimum absolute atomic E-state index is 0.00649. The van der Waals surface area contributed by atoms with Crippen molar-refractivity contribution in [2.24, 2.45) is 0 Å². The Bertz CT molecular complexity index is 1030. The maximum absolute atomic E-state index is 13.4. The van der Waals surface area contributed by atoms with E-state index >= 15 is 0 Å². The van der Waals surface area contributed by atoms with Crippen molar-refractivity contribution in [2.45, 2.75) is 44.7 Å². The van der Waals surface area contributed by atoms with E-state index in [4.69, 9.17) is 0 Å². The summed E-state index contributed by atoms with van der Waals surface area (Å²) in [6, 6.07) is 13.2. The molecule has 8 heteroatoms. The number of nitrogens with zero attached hydrogens (tertiary/aromatic N) is 4. The molecule has 0 saturated heterocycles. The summed E-state index contributed by atoms with van der Waals surface area (Å²) < 4.78 is 0. The van der Waals surface area contributed by atoms with Gasteiger partial charge in [-0.05, 0) is 49.2 Å². The number of carbonyl (C=O) groups is 1. The molecule has 2 aromatic heterocycles. The van der Waals surface area contributed by atoms with Crippen LogP contribution in [0, 0.1) is 0 Å². The zero-order valence-corrected chi connectivity index (χ0v) is 16.6. The van der Waals surface area contributed by atoms with E-state index in [1.807, 2.05) is 23.1 Å². The van der Waals surface area contributed by atoms with Gasteiger partial charge in [-0.3, -0.25) is 19.6 Å². The molecule has 0 atom stereocenters. The number of anilines is 2. The van der Waals surface area contributed by atoms with Crippen molar-refractivity contribution in [2.75, 3.05) is 5.32 Å². The number of hydrogen-bond acceptors (Lipinski definition) is 6. The third kappa shape index (κ3) is 4.89. The smallest absolute Gasteiger partial charge is 0.271 e. The molecule has 3 aromatic rings. The number of rotatable bonds is 6. The number of H-pyrrole nitrogens is 1. The van der Waals surface area contributed by atoms with Crippen LogP contribution in [0.1, 0.15) is 48.2 Å². The lowest BCUT2D eigenvalue weighted by Gasteiger charge is -2.34. The Morgan fingerprint density at radius 2 is 1.90 bits per heavy atom. The topological polar surface area (TPSA) is 104 Å². The van der Waals surface area contributed by atoms with Gasteiger partial charge in [-0.2, -0.15) is 0 Å². The Morgan fingerprint density at radius 1 is 1.10 bits per heavy atom. The largest absolute Gasteiger partial charge is 0.330 e. The van der Waals surface area contributed by atoms with Crippen molar-refractivity contribution >= 4 is 17.5 Å². The fourth-order valence-corrected chi connectivity index (χ4v) is 3.79. The van der Waals surface area contributed by atoms with Gasteiger partial charge in [-0.15, -0.1) is 10.2 Å². The van der Waals surface area contributed by atoms with Gasteiger partial charge in [0.2, 0.25) is 5.95 Å². The molecule has 1 fully saturated rings. The number of benzene rings is 1. The Hall–Kier alpha value is -3.55. The van der Waals surface area contributed by atoms with Crippen LogP contribution in [-0.4, -0.2) is 37.0 Å². The summed E-state index contributed by atoms with van der Waals surface area (Å²) in [6.07, 6.45) is 8.44. The fourth-order valence-electron chi connectivity index (χ4n) is 3.79. The van der Waals surface area contributed by atoms with Crippen LogP contribution in [0.5, 0.6) is 0 Å². The zero-order valence-electron chi connectivity index (χ0n) is 16.6. The van der Waals surface area contributed by atoms with Crippen LogP contribution >= 0.6 is 0 Å². The highest BCUT2D eigenvalue weighted by Gasteiger charge is 2.26. The average molecular weight is 404 g/mol. The van der Waals surface area contributed by atoms with Gasteiger partial charge in [-0.1, -0.05) is 25.3 Å². The Labute approximate surface area is 174 Å². The minimum Gasteiger partial charge on any atom is -0.330 e. The van der Waals surface area contributed by atoms with Crippen LogP contribution < -0.4 is 10.9 Å². The van der Waals surface area contributed by atoms with Crippen molar-refractivity contribution in [3.8, 4) is 0 Å². The highest BCUT2D eigenvalue weighted by Crippen LogP contribution is 2.26. The second-order valence-electron chi connectivity index (χ2n) is 7.43. The van der Waals surface area contributed by atoms with Crippen LogP contribution in [0.25, 0.3) is 0 Å². The summed E-state index contributed by atoms with van der Waals surface area (Å²) in [6.45, 7) is 0.505. The highest BCUT2D eigenvalue weighted by molar-refractivity contribution is 5.94. The Balaban J connectivity index is 1.52. The van der Waals surface area contributed by atoms with E-state index in [-0.39, 0.29) is 23.5 Å². The van der Waals surface area contributed by atoms with Gasteiger partial charge in [0.05, 0.1) is 12.2 Å². The number of aromatic nitrogens is 4. The molecular formula is C22H24N6O2. The summed E-state index contributed by atoms with van der Waals surface area (Å²) in [7, 11) is 0. The maximum atomic E-state index is 13.4. The van der Waals surface area contributed by atoms with Crippen LogP contribution in [0.4, 0.5) is 11.6 Å². The van der Waals surface area contributed by atoms with E-state index in [1.54, 1.807) is 30.5 Å². The van der Waals surface area contributed by atoms with E-state index in [0.717, 1.165) is 37.6 Å². The van der Waals surface area contributed by atoms with Crippen LogP contribution in [0.3, 0.4) is 0 Å². The van der Waals surface area contributed by atoms with E-state index < -0.39 is 0 Å². The molecule has 2 heterocycles. The number of amides is 1. The van der Waals surface area contributed by atoms with E-state index in [1.165, 1.54) is 6.42 Å². The predicted molar refractivity (Wildman–Crippen MR) is 113 cm³/mol. The van der Waals surface area contributed by atoms with Crippen molar-refractivity contribution in [1.82, 2.24) is 25.1 Å². The monoisotopic (exact) mass is 404 g/mol. The molecule has 0 bridgehead atoms. The van der Waals surface area contributed by atoms with E-state index in [2.05, 4.69) is 25.5 Å². The van der Waals surface area contributed by atoms with Crippen molar-refractivity contribution < 1.29 is 4.79 Å². The molecule has 0 radical (unpaired) electrons. The molecule has 154 valence electrons. The van der Waals surface area contributed by atoms with Gasteiger partial charge < -0.3 is 10.2 Å². The maximum Gasteiger partial charge on any atom is 0.271 e. The molecule has 1 aromatic carbocycles. The lowest BCUT2D eigenvalue weighted by Crippen LogP contribution is -2.41. The first-order valence-corrected chi connectivity index (χ1v) is 10.2. The van der Waals surface area contributed by atoms with Crippen molar-refractivity contribution in [3.63, 3.8) is 0 Å². The SMILES string of the molecule is O=C(c1ccc(Nc2nncc(=O)[nH]2)cc1)N(Cc1ccccn1)C1CCCCC1. The normalized spacial score (nSPS) is 14.3. The molecule has 1 aliphatic carbocycles. The number of carbonyl (C=O) groups excluding carboxylic acids is 1. The first kappa shape index (κ1) is 19.8. The average Bonchev–Trinajstić information content (AvgIpc) is 2.79. The molecule has 30 heavy (non-hydrogen) atoms. The van der Waals surface area contributed by atoms with Crippen molar-refractivity contribution in [1.29, 1.82) is 0 Å².